The van der Waals surface area contributed by atoms with Crippen LogP contribution in [0.25, 0.3) is 11.2 Å². The number of anilines is 1. The fourth-order valence-corrected chi connectivity index (χ4v) is 3.18. The Hall–Kier alpha value is -2.90. The van der Waals surface area contributed by atoms with Crippen molar-refractivity contribution in [2.45, 2.75) is 20.3 Å². The van der Waals surface area contributed by atoms with E-state index in [1.807, 2.05) is 44.0 Å². The van der Waals surface area contributed by atoms with E-state index in [1.54, 1.807) is 4.68 Å². The molecule has 4 rings (SSSR count). The lowest BCUT2D eigenvalue weighted by atomic mass is 10.3. The number of carbonyl (C=O) groups is 1. The molecule has 0 N–H and O–H groups in total. The molecule has 0 bridgehead atoms. The SMILES string of the molecule is Cc1ccc2oc(N3CCCN(C(=O)c4cc(C)n(C)n4)CC3)nc2n1. The van der Waals surface area contributed by atoms with Crippen LogP contribution in [-0.4, -0.2) is 56.7 Å². The predicted octanol–water partition coefficient (Wildman–Crippen LogP) is 1.93. The Balaban J connectivity index is 1.49. The topological polar surface area (TPSA) is 80.3 Å². The maximum Gasteiger partial charge on any atom is 0.300 e. The van der Waals surface area contributed by atoms with E-state index in [9.17, 15) is 4.79 Å². The number of hydrogen-bond acceptors (Lipinski definition) is 6. The highest BCUT2D eigenvalue weighted by molar-refractivity contribution is 5.92. The fourth-order valence-electron chi connectivity index (χ4n) is 3.18. The summed E-state index contributed by atoms with van der Waals surface area (Å²) in [7, 11) is 1.85. The highest BCUT2D eigenvalue weighted by Gasteiger charge is 2.24. The molecule has 8 heteroatoms. The smallest absolute Gasteiger partial charge is 0.300 e. The Morgan fingerprint density at radius 2 is 1.96 bits per heavy atom. The lowest BCUT2D eigenvalue weighted by molar-refractivity contribution is 0.0760. The van der Waals surface area contributed by atoms with Crippen LogP contribution in [0.2, 0.25) is 0 Å². The van der Waals surface area contributed by atoms with Gasteiger partial charge in [0.1, 0.15) is 0 Å². The summed E-state index contributed by atoms with van der Waals surface area (Å²) in [6, 6.07) is 6.21. The summed E-state index contributed by atoms with van der Waals surface area (Å²) >= 11 is 0. The first-order valence-corrected chi connectivity index (χ1v) is 8.80. The summed E-state index contributed by atoms with van der Waals surface area (Å²) in [4.78, 5) is 25.6. The van der Waals surface area contributed by atoms with Gasteiger partial charge in [0, 0.05) is 44.6 Å². The van der Waals surface area contributed by atoms with Crippen molar-refractivity contribution in [1.82, 2.24) is 24.6 Å². The van der Waals surface area contributed by atoms with E-state index in [0.717, 1.165) is 24.4 Å². The summed E-state index contributed by atoms with van der Waals surface area (Å²) in [5, 5.41) is 4.30. The molecule has 136 valence electrons. The fraction of sp³-hybridized carbons (Fsp3) is 0.444. The van der Waals surface area contributed by atoms with Crippen LogP contribution < -0.4 is 4.90 Å². The molecule has 1 amide bonds. The summed E-state index contributed by atoms with van der Waals surface area (Å²) < 4.78 is 7.58. The van der Waals surface area contributed by atoms with Crippen molar-refractivity contribution >= 4 is 23.2 Å². The molecule has 3 aromatic heterocycles. The van der Waals surface area contributed by atoms with Crippen LogP contribution in [0, 0.1) is 13.8 Å². The predicted molar refractivity (Wildman–Crippen MR) is 97.2 cm³/mol. The third-order valence-electron chi connectivity index (χ3n) is 4.77. The van der Waals surface area contributed by atoms with Crippen LogP contribution in [0.15, 0.2) is 22.6 Å². The number of amides is 1. The number of hydrogen-bond donors (Lipinski definition) is 0. The van der Waals surface area contributed by atoms with Gasteiger partial charge < -0.3 is 14.2 Å². The molecule has 0 unspecified atom stereocenters. The largest absolute Gasteiger partial charge is 0.422 e. The maximum atomic E-state index is 12.7. The highest BCUT2D eigenvalue weighted by atomic mass is 16.4. The molecule has 0 atom stereocenters. The second-order valence-electron chi connectivity index (χ2n) is 6.70. The molecule has 0 aliphatic carbocycles. The first kappa shape index (κ1) is 16.6. The lowest BCUT2D eigenvalue weighted by Crippen LogP contribution is -2.35. The normalized spacial score (nSPS) is 15.5. The lowest BCUT2D eigenvalue weighted by Gasteiger charge is -2.20. The highest BCUT2D eigenvalue weighted by Crippen LogP contribution is 2.22. The molecule has 0 radical (unpaired) electrons. The quantitative estimate of drug-likeness (QED) is 0.699. The number of oxazole rings is 1. The van der Waals surface area contributed by atoms with Gasteiger partial charge in [0.2, 0.25) is 5.65 Å². The Bertz CT molecular complexity index is 940. The van der Waals surface area contributed by atoms with Crippen molar-refractivity contribution in [1.29, 1.82) is 0 Å². The Labute approximate surface area is 151 Å². The summed E-state index contributed by atoms with van der Waals surface area (Å²) in [6.07, 6.45) is 0.850. The van der Waals surface area contributed by atoms with Gasteiger partial charge in [-0.05, 0) is 38.5 Å². The Morgan fingerprint density at radius 1 is 1.12 bits per heavy atom. The molecule has 26 heavy (non-hydrogen) atoms. The van der Waals surface area contributed by atoms with E-state index in [1.165, 1.54) is 0 Å². The second-order valence-corrected chi connectivity index (χ2v) is 6.70. The molecule has 1 aliphatic heterocycles. The van der Waals surface area contributed by atoms with Crippen molar-refractivity contribution < 1.29 is 9.21 Å². The molecule has 3 aromatic rings. The van der Waals surface area contributed by atoms with Crippen molar-refractivity contribution in [3.05, 3.63) is 35.3 Å². The standard InChI is InChI=1S/C18H22N6O2/c1-12-5-6-15-16(19-12)20-18(26-15)24-8-4-7-23(9-10-24)17(25)14-11-13(2)22(3)21-14/h5-6,11H,4,7-10H2,1-3H3. The van der Waals surface area contributed by atoms with E-state index in [0.29, 0.717) is 42.6 Å². The molecule has 1 fully saturated rings. The first-order chi connectivity index (χ1) is 12.5. The molecular formula is C18H22N6O2. The third kappa shape index (κ3) is 3.02. The van der Waals surface area contributed by atoms with Gasteiger partial charge in [-0.15, -0.1) is 0 Å². The number of fused-ring (bicyclic) bond motifs is 1. The number of nitrogens with zero attached hydrogens (tertiary/aromatic N) is 6. The second kappa shape index (κ2) is 6.44. The van der Waals surface area contributed by atoms with E-state index >= 15 is 0 Å². The summed E-state index contributed by atoms with van der Waals surface area (Å²) in [5.41, 5.74) is 3.70. The van der Waals surface area contributed by atoms with Crippen molar-refractivity contribution in [3.8, 4) is 0 Å². The average Bonchev–Trinajstić information content (AvgIpc) is 3.08. The Kier molecular flexibility index (Phi) is 4.10. The van der Waals surface area contributed by atoms with Crippen LogP contribution in [0.5, 0.6) is 0 Å². The number of aromatic nitrogens is 4. The van der Waals surface area contributed by atoms with Gasteiger partial charge in [0.15, 0.2) is 11.3 Å². The number of aryl methyl sites for hydroxylation is 3. The Morgan fingerprint density at radius 3 is 2.73 bits per heavy atom. The summed E-state index contributed by atoms with van der Waals surface area (Å²) in [6.45, 7) is 6.64. The van der Waals surface area contributed by atoms with Gasteiger partial charge in [0.25, 0.3) is 11.9 Å². The van der Waals surface area contributed by atoms with Gasteiger partial charge in [-0.3, -0.25) is 9.48 Å². The zero-order valence-corrected chi connectivity index (χ0v) is 15.3. The number of carbonyl (C=O) groups excluding carboxylic acids is 1. The molecule has 4 heterocycles. The van der Waals surface area contributed by atoms with Gasteiger partial charge in [-0.1, -0.05) is 0 Å². The summed E-state index contributed by atoms with van der Waals surface area (Å²) in [5.74, 6) is -0.0228. The maximum absolute atomic E-state index is 12.7. The van der Waals surface area contributed by atoms with Gasteiger partial charge in [-0.2, -0.15) is 10.1 Å². The van der Waals surface area contributed by atoms with Gasteiger partial charge >= 0.3 is 0 Å². The van der Waals surface area contributed by atoms with Crippen LogP contribution >= 0.6 is 0 Å². The van der Waals surface area contributed by atoms with Crippen LogP contribution in [0.3, 0.4) is 0 Å². The van der Waals surface area contributed by atoms with Crippen LogP contribution in [0.1, 0.15) is 28.3 Å². The van der Waals surface area contributed by atoms with Crippen LogP contribution in [0.4, 0.5) is 6.01 Å². The molecule has 0 aromatic carbocycles. The zero-order valence-electron chi connectivity index (χ0n) is 15.3. The third-order valence-corrected chi connectivity index (χ3v) is 4.77. The number of pyridine rings is 1. The molecule has 1 saturated heterocycles. The van der Waals surface area contributed by atoms with Crippen molar-refractivity contribution in [2.75, 3.05) is 31.1 Å². The monoisotopic (exact) mass is 354 g/mol. The molecule has 0 saturated carbocycles. The van der Waals surface area contributed by atoms with E-state index < -0.39 is 0 Å². The van der Waals surface area contributed by atoms with Crippen LogP contribution in [-0.2, 0) is 7.05 Å². The van der Waals surface area contributed by atoms with E-state index in [2.05, 4.69) is 20.0 Å². The average molecular weight is 354 g/mol. The minimum Gasteiger partial charge on any atom is -0.422 e. The molecular weight excluding hydrogens is 332 g/mol. The van der Waals surface area contributed by atoms with Crippen molar-refractivity contribution in [3.63, 3.8) is 0 Å². The minimum atomic E-state index is -0.0228. The molecule has 0 spiro atoms. The minimum absolute atomic E-state index is 0.0228. The van der Waals surface area contributed by atoms with E-state index in [4.69, 9.17) is 4.42 Å². The number of rotatable bonds is 2. The van der Waals surface area contributed by atoms with Gasteiger partial charge in [0.05, 0.1) is 0 Å². The van der Waals surface area contributed by atoms with E-state index in [-0.39, 0.29) is 5.91 Å². The van der Waals surface area contributed by atoms with Crippen molar-refractivity contribution in [2.24, 2.45) is 7.05 Å². The molecule has 1 aliphatic rings. The van der Waals surface area contributed by atoms with Gasteiger partial charge in [-0.25, -0.2) is 4.98 Å². The first-order valence-electron chi connectivity index (χ1n) is 8.80. The molecule has 8 nitrogen and oxygen atoms in total. The zero-order chi connectivity index (χ0) is 18.3.